The van der Waals surface area contributed by atoms with Crippen LogP contribution >= 0.6 is 0 Å². The van der Waals surface area contributed by atoms with E-state index >= 15 is 0 Å². The van der Waals surface area contributed by atoms with Crippen LogP contribution in [0, 0.1) is 5.92 Å². The Kier molecular flexibility index (Phi) is 6.59. The smallest absolute Gasteiger partial charge is 0.222 e. The van der Waals surface area contributed by atoms with Gasteiger partial charge in [-0.15, -0.1) is 0 Å². The van der Waals surface area contributed by atoms with Crippen molar-refractivity contribution in [1.29, 1.82) is 0 Å². The highest BCUT2D eigenvalue weighted by Crippen LogP contribution is 2.36. The van der Waals surface area contributed by atoms with E-state index in [1.807, 2.05) is 56.4 Å². The summed E-state index contributed by atoms with van der Waals surface area (Å²) in [6, 6.07) is 17.8. The molecular formula is C25H31N3O3. The van der Waals surface area contributed by atoms with E-state index in [2.05, 4.69) is 17.0 Å². The maximum atomic E-state index is 10.1. The highest BCUT2D eigenvalue weighted by molar-refractivity contribution is 5.65. The largest absolute Gasteiger partial charge is 0.497 e. The fraction of sp³-hybridized carbons (Fsp3) is 0.400. The lowest BCUT2D eigenvalue weighted by molar-refractivity contribution is 0.119. The third-order valence-corrected chi connectivity index (χ3v) is 5.51. The number of ether oxygens (including phenoxy) is 2. The summed E-state index contributed by atoms with van der Waals surface area (Å²) in [7, 11) is 3.55. The number of benzene rings is 2. The van der Waals surface area contributed by atoms with Crippen molar-refractivity contribution in [2.24, 2.45) is 13.0 Å². The second-order valence-corrected chi connectivity index (χ2v) is 8.39. The van der Waals surface area contributed by atoms with Crippen LogP contribution in [-0.4, -0.2) is 46.1 Å². The van der Waals surface area contributed by atoms with E-state index in [1.54, 1.807) is 11.8 Å². The van der Waals surface area contributed by atoms with Gasteiger partial charge >= 0.3 is 0 Å². The van der Waals surface area contributed by atoms with Crippen LogP contribution in [0.3, 0.4) is 0 Å². The molecule has 31 heavy (non-hydrogen) atoms. The molecule has 0 aliphatic heterocycles. The molecule has 6 heteroatoms. The molecule has 0 radical (unpaired) electrons. The van der Waals surface area contributed by atoms with E-state index in [1.165, 1.54) is 12.8 Å². The van der Waals surface area contributed by atoms with Gasteiger partial charge in [-0.3, -0.25) is 4.90 Å². The summed E-state index contributed by atoms with van der Waals surface area (Å²) < 4.78 is 13.5. The van der Waals surface area contributed by atoms with Gasteiger partial charge in [-0.25, -0.2) is 4.68 Å². The average molecular weight is 422 g/mol. The molecule has 6 nitrogen and oxygen atoms in total. The predicted octanol–water partition coefficient (Wildman–Crippen LogP) is 4.48. The highest BCUT2D eigenvalue weighted by Gasteiger charge is 2.28. The van der Waals surface area contributed by atoms with Crippen LogP contribution in [0.25, 0.3) is 11.3 Å². The lowest BCUT2D eigenvalue weighted by Crippen LogP contribution is -2.32. The van der Waals surface area contributed by atoms with Gasteiger partial charge in [-0.05, 0) is 37.8 Å². The van der Waals surface area contributed by atoms with Crippen molar-refractivity contribution in [2.45, 2.75) is 32.4 Å². The molecule has 0 amide bonds. The maximum absolute atomic E-state index is 10.1. The van der Waals surface area contributed by atoms with Gasteiger partial charge in [0, 0.05) is 38.3 Å². The molecule has 0 unspecified atom stereocenters. The minimum Gasteiger partial charge on any atom is -0.497 e. The van der Waals surface area contributed by atoms with Gasteiger partial charge in [0.05, 0.1) is 18.8 Å². The van der Waals surface area contributed by atoms with E-state index in [4.69, 9.17) is 14.6 Å². The molecule has 0 saturated heterocycles. The van der Waals surface area contributed by atoms with Gasteiger partial charge in [0.25, 0.3) is 0 Å². The molecule has 1 aliphatic rings. The van der Waals surface area contributed by atoms with Crippen molar-refractivity contribution in [2.75, 3.05) is 20.2 Å². The summed E-state index contributed by atoms with van der Waals surface area (Å²) in [5, 5.41) is 14.9. The Balaban J connectivity index is 1.71. The minimum absolute atomic E-state index is 0.390. The Morgan fingerprint density at radius 2 is 1.87 bits per heavy atom. The van der Waals surface area contributed by atoms with Crippen LogP contribution in [0.5, 0.6) is 17.4 Å². The Morgan fingerprint density at radius 1 is 1.13 bits per heavy atom. The van der Waals surface area contributed by atoms with Gasteiger partial charge in [0.15, 0.2) is 0 Å². The molecule has 1 atom stereocenters. The molecule has 4 rings (SSSR count). The number of aliphatic hydroxyl groups excluding tert-OH is 1. The summed E-state index contributed by atoms with van der Waals surface area (Å²) in [5.41, 5.74) is 2.99. The maximum Gasteiger partial charge on any atom is 0.222 e. The molecule has 1 heterocycles. The first-order valence-electron chi connectivity index (χ1n) is 10.9. The lowest BCUT2D eigenvalue weighted by Gasteiger charge is -2.24. The number of aromatic nitrogens is 2. The number of aliphatic hydroxyl groups is 1. The van der Waals surface area contributed by atoms with Crippen molar-refractivity contribution in [3.63, 3.8) is 0 Å². The molecule has 1 fully saturated rings. The van der Waals surface area contributed by atoms with Crippen LogP contribution in [0.2, 0.25) is 0 Å². The van der Waals surface area contributed by atoms with Crippen LogP contribution in [-0.2, 0) is 13.6 Å². The van der Waals surface area contributed by atoms with E-state index in [9.17, 15) is 5.11 Å². The zero-order chi connectivity index (χ0) is 21.8. The zero-order valence-corrected chi connectivity index (χ0v) is 18.5. The SMILES string of the molecule is COc1cccc(Oc2c(CN(CC3CC3)C[C@H](C)O)c(-c3ccccc3)nn2C)c1. The predicted molar refractivity (Wildman–Crippen MR) is 121 cm³/mol. The third-order valence-electron chi connectivity index (χ3n) is 5.51. The third kappa shape index (κ3) is 5.46. The van der Waals surface area contributed by atoms with Crippen molar-refractivity contribution >= 4 is 0 Å². The van der Waals surface area contributed by atoms with Crippen molar-refractivity contribution in [3.05, 3.63) is 60.2 Å². The fourth-order valence-electron chi connectivity index (χ4n) is 3.89. The fourth-order valence-corrected chi connectivity index (χ4v) is 3.89. The van der Waals surface area contributed by atoms with E-state index < -0.39 is 6.10 Å². The topological polar surface area (TPSA) is 59.8 Å². The number of hydrogen-bond acceptors (Lipinski definition) is 5. The van der Waals surface area contributed by atoms with Crippen LogP contribution < -0.4 is 9.47 Å². The molecular weight excluding hydrogens is 390 g/mol. The summed E-state index contributed by atoms with van der Waals surface area (Å²) in [4.78, 5) is 2.32. The number of hydrogen-bond donors (Lipinski definition) is 1. The molecule has 1 N–H and O–H groups in total. The van der Waals surface area contributed by atoms with Crippen molar-refractivity contribution in [1.82, 2.24) is 14.7 Å². The first-order chi connectivity index (χ1) is 15.0. The standard InChI is InChI=1S/C25H31N3O3/c1-18(29)15-28(16-19-12-13-19)17-23-24(20-8-5-4-6-9-20)26-27(2)25(23)31-22-11-7-10-21(14-22)30-3/h4-11,14,18-19,29H,12-13,15-17H2,1-3H3/t18-/m0/s1. The summed E-state index contributed by atoms with van der Waals surface area (Å²) >= 11 is 0. The zero-order valence-electron chi connectivity index (χ0n) is 18.5. The monoisotopic (exact) mass is 421 g/mol. The minimum atomic E-state index is -0.390. The number of methoxy groups -OCH3 is 1. The second-order valence-electron chi connectivity index (χ2n) is 8.39. The van der Waals surface area contributed by atoms with Gasteiger partial charge in [0.1, 0.15) is 17.2 Å². The Labute approximate surface area is 184 Å². The van der Waals surface area contributed by atoms with Crippen LogP contribution in [0.4, 0.5) is 0 Å². The first kappa shape index (κ1) is 21.4. The second kappa shape index (κ2) is 9.54. The van der Waals surface area contributed by atoms with Gasteiger partial charge in [-0.1, -0.05) is 36.4 Å². The molecule has 3 aromatic rings. The average Bonchev–Trinajstić information content (AvgIpc) is 3.53. The molecule has 0 bridgehead atoms. The Morgan fingerprint density at radius 3 is 2.55 bits per heavy atom. The molecule has 2 aromatic carbocycles. The molecule has 1 aromatic heterocycles. The first-order valence-corrected chi connectivity index (χ1v) is 10.9. The normalized spacial score (nSPS) is 14.6. The van der Waals surface area contributed by atoms with E-state index in [-0.39, 0.29) is 0 Å². The van der Waals surface area contributed by atoms with Gasteiger partial charge < -0.3 is 14.6 Å². The Bertz CT molecular complexity index is 993. The van der Waals surface area contributed by atoms with E-state index in [0.717, 1.165) is 35.0 Å². The highest BCUT2D eigenvalue weighted by atomic mass is 16.5. The molecule has 1 saturated carbocycles. The van der Waals surface area contributed by atoms with Gasteiger partial charge in [-0.2, -0.15) is 5.10 Å². The molecule has 0 spiro atoms. The number of aryl methyl sites for hydroxylation is 1. The van der Waals surface area contributed by atoms with E-state index in [0.29, 0.717) is 24.7 Å². The van der Waals surface area contributed by atoms with Crippen LogP contribution in [0.1, 0.15) is 25.3 Å². The van der Waals surface area contributed by atoms with Crippen molar-refractivity contribution < 1.29 is 14.6 Å². The van der Waals surface area contributed by atoms with Crippen molar-refractivity contribution in [3.8, 4) is 28.6 Å². The Hall–Kier alpha value is -2.83. The lowest BCUT2D eigenvalue weighted by atomic mass is 10.1. The molecule has 1 aliphatic carbocycles. The van der Waals surface area contributed by atoms with Gasteiger partial charge in [0.2, 0.25) is 5.88 Å². The van der Waals surface area contributed by atoms with Crippen LogP contribution in [0.15, 0.2) is 54.6 Å². The number of nitrogens with zero attached hydrogens (tertiary/aromatic N) is 3. The quantitative estimate of drug-likeness (QED) is 0.523. The molecule has 164 valence electrons. The summed E-state index contributed by atoms with van der Waals surface area (Å²) in [5.74, 6) is 2.87. The summed E-state index contributed by atoms with van der Waals surface area (Å²) in [6.45, 7) is 4.11. The summed E-state index contributed by atoms with van der Waals surface area (Å²) in [6.07, 6.45) is 2.14. The number of rotatable bonds is 10.